The van der Waals surface area contributed by atoms with Crippen molar-refractivity contribution in [1.29, 1.82) is 0 Å². The summed E-state index contributed by atoms with van der Waals surface area (Å²) in [4.78, 5) is 29.7. The predicted octanol–water partition coefficient (Wildman–Crippen LogP) is 3.11. The third kappa shape index (κ3) is 4.16. The topological polar surface area (TPSA) is 85.4 Å². The number of anilines is 1. The Labute approximate surface area is 170 Å². The zero-order valence-electron chi connectivity index (χ0n) is 15.1. The van der Waals surface area contributed by atoms with Gasteiger partial charge in [0.1, 0.15) is 0 Å². The molecular formula is C21H20BrN3O3. The van der Waals surface area contributed by atoms with Crippen molar-refractivity contribution < 1.29 is 9.90 Å². The smallest absolute Gasteiger partial charge is 0.256 e. The molecule has 1 fully saturated rings. The maximum Gasteiger partial charge on any atom is 0.256 e. The van der Waals surface area contributed by atoms with Crippen LogP contribution in [0.5, 0.6) is 0 Å². The van der Waals surface area contributed by atoms with Crippen LogP contribution in [-0.4, -0.2) is 40.1 Å². The fraction of sp³-hybridized carbons (Fsp3) is 0.238. The number of aromatic nitrogens is 1. The van der Waals surface area contributed by atoms with Crippen molar-refractivity contribution in [3.05, 3.63) is 74.5 Å². The fourth-order valence-electron chi connectivity index (χ4n) is 3.57. The highest BCUT2D eigenvalue weighted by atomic mass is 79.9. The van der Waals surface area contributed by atoms with Gasteiger partial charge in [-0.15, -0.1) is 0 Å². The molecule has 1 aliphatic heterocycles. The SMILES string of the molecule is O=C(Nc1cccc(CN2CCC(O)C2)c1)c1cc(=O)[nH]c2ccc(Br)cc12. The molecule has 7 heteroatoms. The van der Waals surface area contributed by atoms with Crippen LogP contribution in [0.4, 0.5) is 5.69 Å². The van der Waals surface area contributed by atoms with Crippen molar-refractivity contribution in [3.63, 3.8) is 0 Å². The van der Waals surface area contributed by atoms with Crippen LogP contribution < -0.4 is 10.9 Å². The van der Waals surface area contributed by atoms with Crippen molar-refractivity contribution in [2.45, 2.75) is 19.1 Å². The number of carbonyl (C=O) groups is 1. The third-order valence-electron chi connectivity index (χ3n) is 4.89. The summed E-state index contributed by atoms with van der Waals surface area (Å²) in [7, 11) is 0. The molecule has 1 saturated heterocycles. The minimum absolute atomic E-state index is 0.258. The average Bonchev–Trinajstić information content (AvgIpc) is 3.06. The van der Waals surface area contributed by atoms with Gasteiger partial charge in [0.05, 0.1) is 11.7 Å². The minimum atomic E-state index is -0.331. The molecule has 28 heavy (non-hydrogen) atoms. The lowest BCUT2D eigenvalue weighted by molar-refractivity contribution is 0.102. The van der Waals surface area contributed by atoms with Gasteiger partial charge in [-0.3, -0.25) is 14.5 Å². The normalized spacial score (nSPS) is 17.1. The summed E-state index contributed by atoms with van der Waals surface area (Å²) in [6.45, 7) is 2.26. The van der Waals surface area contributed by atoms with Crippen LogP contribution >= 0.6 is 15.9 Å². The summed E-state index contributed by atoms with van der Waals surface area (Å²) in [6, 6.07) is 14.4. The van der Waals surface area contributed by atoms with Gasteiger partial charge >= 0.3 is 0 Å². The maximum atomic E-state index is 12.9. The molecule has 1 amide bonds. The number of likely N-dealkylation sites (tertiary alicyclic amines) is 1. The van der Waals surface area contributed by atoms with Gasteiger partial charge in [-0.05, 0) is 42.3 Å². The van der Waals surface area contributed by atoms with Crippen LogP contribution in [0.15, 0.2) is 57.8 Å². The molecular weight excluding hydrogens is 422 g/mol. The zero-order chi connectivity index (χ0) is 19.7. The minimum Gasteiger partial charge on any atom is -0.392 e. The number of fused-ring (bicyclic) bond motifs is 1. The first-order valence-electron chi connectivity index (χ1n) is 9.11. The number of aromatic amines is 1. The molecule has 0 spiro atoms. The molecule has 0 saturated carbocycles. The van der Waals surface area contributed by atoms with E-state index < -0.39 is 0 Å². The van der Waals surface area contributed by atoms with Crippen LogP contribution in [0.25, 0.3) is 10.9 Å². The molecule has 0 aliphatic carbocycles. The first-order valence-corrected chi connectivity index (χ1v) is 9.90. The van der Waals surface area contributed by atoms with Gasteiger partial charge in [-0.1, -0.05) is 28.1 Å². The predicted molar refractivity (Wildman–Crippen MR) is 113 cm³/mol. The molecule has 0 radical (unpaired) electrons. The van der Waals surface area contributed by atoms with Crippen molar-refractivity contribution in [3.8, 4) is 0 Å². The lowest BCUT2D eigenvalue weighted by Gasteiger charge is -2.16. The number of aliphatic hydroxyl groups excluding tert-OH is 1. The molecule has 6 nitrogen and oxygen atoms in total. The average molecular weight is 442 g/mol. The molecule has 2 heterocycles. The fourth-order valence-corrected chi connectivity index (χ4v) is 3.93. The molecule has 144 valence electrons. The number of hydrogen-bond acceptors (Lipinski definition) is 4. The molecule has 4 rings (SSSR count). The first-order chi connectivity index (χ1) is 13.5. The lowest BCUT2D eigenvalue weighted by atomic mass is 10.1. The van der Waals surface area contributed by atoms with Crippen LogP contribution in [0.2, 0.25) is 0 Å². The molecule has 2 aromatic carbocycles. The van der Waals surface area contributed by atoms with Gasteiger partial charge in [0.25, 0.3) is 5.91 Å². The van der Waals surface area contributed by atoms with Crippen LogP contribution in [-0.2, 0) is 6.54 Å². The Bertz CT molecular complexity index is 1100. The number of carbonyl (C=O) groups excluding carboxylic acids is 1. The maximum absolute atomic E-state index is 12.9. The molecule has 1 aromatic heterocycles. The Morgan fingerprint density at radius 3 is 2.89 bits per heavy atom. The second kappa shape index (κ2) is 7.87. The number of amides is 1. The van der Waals surface area contributed by atoms with Crippen molar-refractivity contribution >= 4 is 38.4 Å². The highest BCUT2D eigenvalue weighted by molar-refractivity contribution is 9.10. The number of rotatable bonds is 4. The van der Waals surface area contributed by atoms with E-state index in [9.17, 15) is 14.7 Å². The zero-order valence-corrected chi connectivity index (χ0v) is 16.7. The van der Waals surface area contributed by atoms with E-state index in [2.05, 4.69) is 31.1 Å². The summed E-state index contributed by atoms with van der Waals surface area (Å²) in [5.41, 5.74) is 2.35. The first kappa shape index (κ1) is 18.9. The van der Waals surface area contributed by atoms with Crippen molar-refractivity contribution in [1.82, 2.24) is 9.88 Å². The summed E-state index contributed by atoms with van der Waals surface area (Å²) in [5.74, 6) is -0.331. The number of nitrogens with zero attached hydrogens (tertiary/aromatic N) is 1. The molecule has 1 unspecified atom stereocenters. The van der Waals surface area contributed by atoms with Crippen molar-refractivity contribution in [2.75, 3.05) is 18.4 Å². The van der Waals surface area contributed by atoms with Crippen LogP contribution in [0.1, 0.15) is 22.3 Å². The monoisotopic (exact) mass is 441 g/mol. The van der Waals surface area contributed by atoms with Gasteiger partial charge < -0.3 is 15.4 Å². The Morgan fingerprint density at radius 1 is 1.25 bits per heavy atom. The highest BCUT2D eigenvalue weighted by Gasteiger charge is 2.20. The van der Waals surface area contributed by atoms with E-state index in [1.165, 1.54) is 6.07 Å². The number of hydrogen-bond donors (Lipinski definition) is 3. The molecule has 1 aliphatic rings. The number of benzene rings is 2. The standard InChI is InChI=1S/C21H20BrN3O3/c22-14-4-5-19-17(9-14)18(10-20(27)24-19)21(28)23-15-3-1-2-13(8-15)11-25-7-6-16(26)12-25/h1-5,8-10,16,26H,6-7,11-12H2,(H,23,28)(H,24,27). The highest BCUT2D eigenvalue weighted by Crippen LogP contribution is 2.22. The summed E-state index contributed by atoms with van der Waals surface area (Å²) < 4.78 is 0.830. The Morgan fingerprint density at radius 2 is 2.11 bits per heavy atom. The van der Waals surface area contributed by atoms with Gasteiger partial charge in [0, 0.05) is 46.8 Å². The van der Waals surface area contributed by atoms with Gasteiger partial charge in [-0.2, -0.15) is 0 Å². The van der Waals surface area contributed by atoms with Crippen LogP contribution in [0.3, 0.4) is 0 Å². The molecule has 0 bridgehead atoms. The van der Waals surface area contributed by atoms with Crippen LogP contribution in [0, 0.1) is 0 Å². The van der Waals surface area contributed by atoms with E-state index in [-0.39, 0.29) is 17.6 Å². The number of pyridine rings is 1. The lowest BCUT2D eigenvalue weighted by Crippen LogP contribution is -2.21. The van der Waals surface area contributed by atoms with E-state index in [1.807, 2.05) is 36.4 Å². The second-order valence-electron chi connectivity index (χ2n) is 7.07. The second-order valence-corrected chi connectivity index (χ2v) is 7.98. The summed E-state index contributed by atoms with van der Waals surface area (Å²) >= 11 is 3.41. The summed E-state index contributed by atoms with van der Waals surface area (Å²) in [5, 5.41) is 13.2. The molecule has 3 N–H and O–H groups in total. The van der Waals surface area contributed by atoms with Gasteiger partial charge in [0.2, 0.25) is 5.56 Å². The van der Waals surface area contributed by atoms with E-state index in [1.54, 1.807) is 6.07 Å². The largest absolute Gasteiger partial charge is 0.392 e. The molecule has 1 atom stereocenters. The molecule has 3 aromatic rings. The van der Waals surface area contributed by atoms with E-state index in [0.717, 1.165) is 29.5 Å². The van der Waals surface area contributed by atoms with Gasteiger partial charge in [-0.25, -0.2) is 0 Å². The quantitative estimate of drug-likeness (QED) is 0.580. The third-order valence-corrected chi connectivity index (χ3v) is 5.38. The van der Waals surface area contributed by atoms with E-state index in [4.69, 9.17) is 0 Å². The number of halogens is 1. The van der Waals surface area contributed by atoms with Crippen molar-refractivity contribution in [2.24, 2.45) is 0 Å². The number of H-pyrrole nitrogens is 1. The number of β-amino-alcohol motifs (C(OH)–C–C–N with tert-alkyl or cyclic N) is 1. The van der Waals surface area contributed by atoms with E-state index in [0.29, 0.717) is 28.7 Å². The summed E-state index contributed by atoms with van der Waals surface area (Å²) in [6.07, 6.45) is 0.536. The Hall–Kier alpha value is -2.48. The Balaban J connectivity index is 1.57. The number of nitrogens with one attached hydrogen (secondary N) is 2. The number of aliphatic hydroxyl groups is 1. The Kier molecular flexibility index (Phi) is 5.30. The van der Waals surface area contributed by atoms with Gasteiger partial charge in [0.15, 0.2) is 0 Å². The van der Waals surface area contributed by atoms with E-state index >= 15 is 0 Å².